The van der Waals surface area contributed by atoms with Crippen LogP contribution in [0.1, 0.15) is 11.1 Å². The van der Waals surface area contributed by atoms with Crippen molar-refractivity contribution < 1.29 is 0 Å². The lowest BCUT2D eigenvalue weighted by Gasteiger charge is -2.02. The van der Waals surface area contributed by atoms with Crippen LogP contribution in [0.5, 0.6) is 0 Å². The molecule has 0 atom stereocenters. The number of benzene rings is 2. The summed E-state index contributed by atoms with van der Waals surface area (Å²) in [4.78, 5) is 4.51. The Morgan fingerprint density at radius 3 is 2.89 bits per heavy atom. The summed E-state index contributed by atoms with van der Waals surface area (Å²) < 4.78 is 1.18. The minimum Gasteiger partial charge on any atom is -0.357 e. The molecule has 0 saturated carbocycles. The van der Waals surface area contributed by atoms with Gasteiger partial charge in [-0.15, -0.1) is 0 Å². The minimum atomic E-state index is 0.676. The van der Waals surface area contributed by atoms with Crippen LogP contribution >= 0.6 is 11.3 Å². The van der Waals surface area contributed by atoms with Crippen LogP contribution in [0.4, 0.5) is 5.13 Å². The van der Waals surface area contributed by atoms with Gasteiger partial charge < -0.3 is 5.32 Å². The van der Waals surface area contributed by atoms with Crippen LogP contribution in [0.3, 0.4) is 0 Å². The highest BCUT2D eigenvalue weighted by Crippen LogP contribution is 2.25. The van der Waals surface area contributed by atoms with Gasteiger partial charge in [0.25, 0.3) is 0 Å². The van der Waals surface area contributed by atoms with Gasteiger partial charge in [-0.25, -0.2) is 4.98 Å². The molecule has 2 aromatic carbocycles. The highest BCUT2D eigenvalue weighted by atomic mass is 32.1. The van der Waals surface area contributed by atoms with E-state index in [0.717, 1.165) is 16.2 Å². The van der Waals surface area contributed by atoms with Crippen molar-refractivity contribution in [2.75, 3.05) is 5.32 Å². The molecule has 3 aromatic rings. The smallest absolute Gasteiger partial charge is 0.184 e. The van der Waals surface area contributed by atoms with E-state index in [1.807, 2.05) is 36.4 Å². The number of fused-ring (bicyclic) bond motifs is 1. The molecule has 0 fully saturated rings. The Balaban J connectivity index is 1.76. The lowest BCUT2D eigenvalue weighted by atomic mass is 10.1. The first kappa shape index (κ1) is 11.7. The molecule has 0 spiro atoms. The van der Waals surface area contributed by atoms with Gasteiger partial charge in [-0.1, -0.05) is 35.6 Å². The summed E-state index contributed by atoms with van der Waals surface area (Å²) in [5, 5.41) is 13.1. The fraction of sp³-hybridized carbons (Fsp3) is 0.0667. The molecular weight excluding hydrogens is 254 g/mol. The van der Waals surface area contributed by atoms with Crippen molar-refractivity contribution in [3.05, 3.63) is 59.7 Å². The van der Waals surface area contributed by atoms with Crippen molar-refractivity contribution in [3.63, 3.8) is 0 Å². The van der Waals surface area contributed by atoms with E-state index in [-0.39, 0.29) is 0 Å². The van der Waals surface area contributed by atoms with Crippen molar-refractivity contribution >= 4 is 26.7 Å². The first-order valence-corrected chi connectivity index (χ1v) is 6.75. The number of hydrogen-bond acceptors (Lipinski definition) is 4. The largest absolute Gasteiger partial charge is 0.357 e. The number of rotatable bonds is 3. The molecule has 19 heavy (non-hydrogen) atoms. The standard InChI is InChI=1S/C15H11N3S/c16-9-11-4-3-5-12(8-11)10-17-15-18-13-6-1-2-7-14(13)19-15/h1-8H,10H2,(H,17,18). The van der Waals surface area contributed by atoms with Crippen molar-refractivity contribution in [3.8, 4) is 6.07 Å². The molecule has 3 rings (SSSR count). The van der Waals surface area contributed by atoms with Gasteiger partial charge in [0.2, 0.25) is 0 Å². The predicted molar refractivity (Wildman–Crippen MR) is 78.1 cm³/mol. The lowest BCUT2D eigenvalue weighted by molar-refractivity contribution is 1.14. The monoisotopic (exact) mass is 265 g/mol. The van der Waals surface area contributed by atoms with E-state index in [1.54, 1.807) is 17.4 Å². The Morgan fingerprint density at radius 2 is 2.05 bits per heavy atom. The van der Waals surface area contributed by atoms with E-state index in [1.165, 1.54) is 4.70 Å². The molecule has 4 heteroatoms. The summed E-state index contributed by atoms with van der Waals surface area (Å²) in [6, 6.07) is 17.8. The van der Waals surface area contributed by atoms with E-state index in [9.17, 15) is 0 Å². The average molecular weight is 265 g/mol. The second kappa shape index (κ2) is 5.09. The van der Waals surface area contributed by atoms with Gasteiger partial charge >= 0.3 is 0 Å². The topological polar surface area (TPSA) is 48.7 Å². The van der Waals surface area contributed by atoms with Gasteiger partial charge in [0.1, 0.15) is 0 Å². The van der Waals surface area contributed by atoms with Crippen molar-refractivity contribution in [1.29, 1.82) is 5.26 Å². The molecule has 1 aromatic heterocycles. The summed E-state index contributed by atoms with van der Waals surface area (Å²) in [5.41, 5.74) is 2.78. The minimum absolute atomic E-state index is 0.676. The maximum absolute atomic E-state index is 8.86. The summed E-state index contributed by atoms with van der Waals surface area (Å²) in [6.45, 7) is 0.676. The Hall–Kier alpha value is -2.38. The quantitative estimate of drug-likeness (QED) is 0.784. The molecule has 0 saturated heterocycles. The third-order valence-electron chi connectivity index (χ3n) is 2.79. The molecule has 0 unspecified atom stereocenters. The molecule has 3 nitrogen and oxygen atoms in total. The van der Waals surface area contributed by atoms with Gasteiger partial charge in [0.15, 0.2) is 5.13 Å². The van der Waals surface area contributed by atoms with Crippen LogP contribution in [-0.2, 0) is 6.54 Å². The predicted octanol–water partition coefficient (Wildman–Crippen LogP) is 3.78. The van der Waals surface area contributed by atoms with Crippen LogP contribution < -0.4 is 5.32 Å². The van der Waals surface area contributed by atoms with E-state index >= 15 is 0 Å². The zero-order chi connectivity index (χ0) is 13.1. The highest BCUT2D eigenvalue weighted by molar-refractivity contribution is 7.22. The number of anilines is 1. The molecule has 0 radical (unpaired) electrons. The molecule has 0 amide bonds. The Morgan fingerprint density at radius 1 is 1.16 bits per heavy atom. The van der Waals surface area contributed by atoms with Crippen LogP contribution in [0.15, 0.2) is 48.5 Å². The zero-order valence-electron chi connectivity index (χ0n) is 10.1. The first-order chi connectivity index (χ1) is 9.35. The Labute approximate surface area is 115 Å². The molecule has 0 aliphatic rings. The summed E-state index contributed by atoms with van der Waals surface area (Å²) in [7, 11) is 0. The lowest BCUT2D eigenvalue weighted by Crippen LogP contribution is -1.98. The summed E-state index contributed by atoms with van der Waals surface area (Å²) in [6.07, 6.45) is 0. The number of thiazole rings is 1. The second-order valence-electron chi connectivity index (χ2n) is 4.15. The first-order valence-electron chi connectivity index (χ1n) is 5.93. The summed E-state index contributed by atoms with van der Waals surface area (Å²) in [5.74, 6) is 0. The Kier molecular flexibility index (Phi) is 3.13. The molecule has 0 bridgehead atoms. The van der Waals surface area contributed by atoms with Gasteiger partial charge in [0.05, 0.1) is 21.8 Å². The van der Waals surface area contributed by atoms with Crippen LogP contribution in [0.25, 0.3) is 10.2 Å². The number of hydrogen-bond donors (Lipinski definition) is 1. The van der Waals surface area contributed by atoms with Crippen LogP contribution in [0, 0.1) is 11.3 Å². The number of nitrogens with one attached hydrogen (secondary N) is 1. The molecule has 1 heterocycles. The average Bonchev–Trinajstić information content (AvgIpc) is 2.88. The molecule has 0 aliphatic heterocycles. The van der Waals surface area contributed by atoms with Gasteiger partial charge in [-0.2, -0.15) is 5.26 Å². The molecular formula is C15H11N3S. The molecule has 0 aliphatic carbocycles. The maximum Gasteiger partial charge on any atom is 0.184 e. The second-order valence-corrected chi connectivity index (χ2v) is 5.18. The maximum atomic E-state index is 8.86. The SMILES string of the molecule is N#Cc1cccc(CNc2nc3ccccc3s2)c1. The van der Waals surface area contributed by atoms with Crippen LogP contribution in [0.2, 0.25) is 0 Å². The number of para-hydroxylation sites is 1. The van der Waals surface area contributed by atoms with E-state index in [0.29, 0.717) is 12.1 Å². The third kappa shape index (κ3) is 2.56. The van der Waals surface area contributed by atoms with E-state index in [4.69, 9.17) is 5.26 Å². The normalized spacial score (nSPS) is 10.3. The van der Waals surface area contributed by atoms with E-state index in [2.05, 4.69) is 22.4 Å². The Bertz CT molecular complexity index is 722. The van der Waals surface area contributed by atoms with Gasteiger partial charge in [-0.05, 0) is 29.8 Å². The van der Waals surface area contributed by atoms with Gasteiger partial charge in [0, 0.05) is 6.54 Å². The van der Waals surface area contributed by atoms with Crippen LogP contribution in [-0.4, -0.2) is 4.98 Å². The van der Waals surface area contributed by atoms with Crippen molar-refractivity contribution in [1.82, 2.24) is 4.98 Å². The third-order valence-corrected chi connectivity index (χ3v) is 3.79. The van der Waals surface area contributed by atoms with Crippen molar-refractivity contribution in [2.45, 2.75) is 6.54 Å². The van der Waals surface area contributed by atoms with E-state index < -0.39 is 0 Å². The molecule has 1 N–H and O–H groups in total. The number of aromatic nitrogens is 1. The fourth-order valence-corrected chi connectivity index (χ4v) is 2.74. The molecule has 92 valence electrons. The fourth-order valence-electron chi connectivity index (χ4n) is 1.88. The zero-order valence-corrected chi connectivity index (χ0v) is 10.9. The summed E-state index contributed by atoms with van der Waals surface area (Å²) >= 11 is 1.64. The highest BCUT2D eigenvalue weighted by Gasteiger charge is 2.02. The van der Waals surface area contributed by atoms with Gasteiger partial charge in [-0.3, -0.25) is 0 Å². The number of nitrogens with zero attached hydrogens (tertiary/aromatic N) is 2. The van der Waals surface area contributed by atoms with Crippen molar-refractivity contribution in [2.24, 2.45) is 0 Å². The number of nitriles is 1.